The van der Waals surface area contributed by atoms with Crippen LogP contribution in [0.15, 0.2) is 72.8 Å². The van der Waals surface area contributed by atoms with E-state index >= 15 is 0 Å². The minimum atomic E-state index is -0.701. The third-order valence-corrected chi connectivity index (χ3v) is 6.43. The van der Waals surface area contributed by atoms with Crippen LogP contribution in [-0.2, 0) is 16.1 Å². The summed E-state index contributed by atoms with van der Waals surface area (Å²) in [5, 5.41) is 11.2. The molecule has 3 aromatic rings. The Morgan fingerprint density at radius 3 is 2.58 bits per heavy atom. The van der Waals surface area contributed by atoms with Crippen LogP contribution in [0, 0.1) is 6.92 Å². The van der Waals surface area contributed by atoms with Crippen molar-refractivity contribution in [3.8, 4) is 5.75 Å². The van der Waals surface area contributed by atoms with E-state index in [-0.39, 0.29) is 11.3 Å². The van der Waals surface area contributed by atoms with Crippen molar-refractivity contribution in [2.75, 3.05) is 13.2 Å². The highest BCUT2D eigenvalue weighted by Crippen LogP contribution is 2.40. The number of unbranched alkanes of at least 4 members (excludes halogenated alkanes) is 2. The number of aliphatic hydroxyl groups excluding tert-OH is 1. The number of carbonyl (C=O) groups excluding carboxylic acids is 2. The number of imidazole rings is 1. The number of amides is 1. The first kappa shape index (κ1) is 25.2. The molecule has 0 bridgehead atoms. The fourth-order valence-electron chi connectivity index (χ4n) is 4.48. The topological polar surface area (TPSA) is 84.7 Å². The second-order valence-electron chi connectivity index (χ2n) is 9.14. The van der Waals surface area contributed by atoms with Gasteiger partial charge in [-0.3, -0.25) is 9.59 Å². The zero-order chi connectivity index (χ0) is 25.5. The first-order chi connectivity index (χ1) is 17.5. The molecule has 1 atom stereocenters. The normalized spacial score (nSPS) is 17.1. The number of aryl methyl sites for hydroxylation is 2. The van der Waals surface area contributed by atoms with Crippen LogP contribution in [0.4, 0.5) is 0 Å². The molecular weight excluding hydrogens is 454 g/mol. The van der Waals surface area contributed by atoms with Crippen LogP contribution in [0.2, 0.25) is 0 Å². The first-order valence-electron chi connectivity index (χ1n) is 12.5. The van der Waals surface area contributed by atoms with Crippen molar-refractivity contribution < 1.29 is 19.4 Å². The lowest BCUT2D eigenvalue weighted by atomic mass is 9.95. The first-order valence-corrected chi connectivity index (χ1v) is 12.5. The summed E-state index contributed by atoms with van der Waals surface area (Å²) < 4.78 is 7.88. The number of benzene rings is 2. The van der Waals surface area contributed by atoms with Gasteiger partial charge < -0.3 is 19.3 Å². The molecule has 0 spiro atoms. The van der Waals surface area contributed by atoms with E-state index < -0.39 is 17.7 Å². The summed E-state index contributed by atoms with van der Waals surface area (Å²) >= 11 is 0. The third kappa shape index (κ3) is 5.67. The molecular formula is C29H33N3O4. The average molecular weight is 488 g/mol. The molecule has 1 aromatic heterocycles. The Balaban J connectivity index is 1.68. The van der Waals surface area contributed by atoms with Gasteiger partial charge >= 0.3 is 0 Å². The van der Waals surface area contributed by atoms with Crippen molar-refractivity contribution in [2.45, 2.75) is 52.1 Å². The van der Waals surface area contributed by atoms with E-state index in [1.807, 2.05) is 54.1 Å². The predicted octanol–water partition coefficient (Wildman–Crippen LogP) is 5.27. The Morgan fingerprint density at radius 2 is 1.86 bits per heavy atom. The van der Waals surface area contributed by atoms with Gasteiger partial charge in [-0.05, 0) is 37.5 Å². The summed E-state index contributed by atoms with van der Waals surface area (Å²) in [4.78, 5) is 32.1. The number of Topliss-reactive ketones (excluding diaryl/α,β-unsaturated/α-hetero) is 1. The van der Waals surface area contributed by atoms with Crippen molar-refractivity contribution in [3.63, 3.8) is 0 Å². The summed E-state index contributed by atoms with van der Waals surface area (Å²) in [6, 6.07) is 14.1. The Bertz CT molecular complexity index is 1220. The molecule has 2 heterocycles. The zero-order valence-electron chi connectivity index (χ0n) is 20.9. The number of rotatable bonds is 11. The Labute approximate surface area is 212 Å². The second-order valence-corrected chi connectivity index (χ2v) is 9.14. The van der Waals surface area contributed by atoms with Crippen LogP contribution in [0.5, 0.6) is 5.75 Å². The van der Waals surface area contributed by atoms with Gasteiger partial charge in [0, 0.05) is 31.0 Å². The van der Waals surface area contributed by atoms with Crippen molar-refractivity contribution in [2.24, 2.45) is 0 Å². The zero-order valence-corrected chi connectivity index (χ0v) is 20.9. The highest BCUT2D eigenvalue weighted by Gasteiger charge is 2.45. The maximum Gasteiger partial charge on any atom is 0.295 e. The summed E-state index contributed by atoms with van der Waals surface area (Å²) in [5.41, 5.74) is 2.39. The number of aromatic nitrogens is 2. The summed E-state index contributed by atoms with van der Waals surface area (Å²) in [5.74, 6) is -0.754. The SMILES string of the molecule is CCCCCOc1cccc(C2C(=C(O)c3ccc(C)cc3)C(=O)C(=O)N2CCCn2ccnc2)c1. The van der Waals surface area contributed by atoms with Gasteiger partial charge in [0.2, 0.25) is 0 Å². The fraction of sp³-hybridized carbons (Fsp3) is 0.345. The van der Waals surface area contributed by atoms with Crippen LogP contribution in [0.3, 0.4) is 0 Å². The van der Waals surface area contributed by atoms with Gasteiger partial charge in [-0.2, -0.15) is 0 Å². The number of likely N-dealkylation sites (tertiary alicyclic amines) is 1. The van der Waals surface area contributed by atoms with E-state index in [9.17, 15) is 14.7 Å². The molecule has 2 aromatic carbocycles. The molecule has 7 heteroatoms. The standard InChI is InChI=1S/C29H33N3O4/c1-3-4-5-18-36-24-9-6-8-23(19-24)26-25(27(33)22-12-10-21(2)11-13-22)28(34)29(35)32(26)16-7-15-31-17-14-30-20-31/h6,8-14,17,19-20,26,33H,3-5,7,15-16,18H2,1-2H3. The maximum atomic E-state index is 13.2. The predicted molar refractivity (Wildman–Crippen MR) is 138 cm³/mol. The summed E-state index contributed by atoms with van der Waals surface area (Å²) in [6.45, 7) is 5.72. The number of carbonyl (C=O) groups is 2. The molecule has 0 saturated carbocycles. The fourth-order valence-corrected chi connectivity index (χ4v) is 4.48. The largest absolute Gasteiger partial charge is 0.507 e. The minimum absolute atomic E-state index is 0.106. The quantitative estimate of drug-likeness (QED) is 0.172. The summed E-state index contributed by atoms with van der Waals surface area (Å²) in [6.07, 6.45) is 9.09. The van der Waals surface area contributed by atoms with Gasteiger partial charge in [0.1, 0.15) is 11.5 Å². The average Bonchev–Trinajstić information content (AvgIpc) is 3.49. The number of hydrogen-bond acceptors (Lipinski definition) is 5. The number of ketones is 1. The van der Waals surface area contributed by atoms with Gasteiger partial charge in [0.05, 0.1) is 24.5 Å². The van der Waals surface area contributed by atoms with Crippen LogP contribution in [0.1, 0.15) is 55.3 Å². The minimum Gasteiger partial charge on any atom is -0.507 e. The van der Waals surface area contributed by atoms with E-state index in [0.29, 0.717) is 37.4 Å². The molecule has 0 radical (unpaired) electrons. The van der Waals surface area contributed by atoms with Crippen LogP contribution >= 0.6 is 0 Å². The highest BCUT2D eigenvalue weighted by molar-refractivity contribution is 6.46. The lowest BCUT2D eigenvalue weighted by molar-refractivity contribution is -0.139. The molecule has 188 valence electrons. The van der Waals surface area contributed by atoms with E-state index in [1.54, 1.807) is 29.6 Å². The van der Waals surface area contributed by atoms with Crippen molar-refractivity contribution in [1.82, 2.24) is 14.5 Å². The van der Waals surface area contributed by atoms with Crippen LogP contribution < -0.4 is 4.74 Å². The molecule has 1 aliphatic rings. The highest BCUT2D eigenvalue weighted by atomic mass is 16.5. The second kappa shape index (κ2) is 11.7. The lowest BCUT2D eigenvalue weighted by Gasteiger charge is -2.26. The molecule has 1 fully saturated rings. The molecule has 0 aliphatic carbocycles. The van der Waals surface area contributed by atoms with Crippen molar-refractivity contribution >= 4 is 17.4 Å². The van der Waals surface area contributed by atoms with Gasteiger partial charge in [0.25, 0.3) is 11.7 Å². The van der Waals surface area contributed by atoms with E-state index in [4.69, 9.17) is 4.74 Å². The van der Waals surface area contributed by atoms with Gasteiger partial charge in [-0.25, -0.2) is 4.98 Å². The van der Waals surface area contributed by atoms with Crippen molar-refractivity contribution in [1.29, 1.82) is 0 Å². The molecule has 1 aliphatic heterocycles. The Morgan fingerprint density at radius 1 is 1.06 bits per heavy atom. The number of ether oxygens (including phenoxy) is 1. The number of nitrogens with zero attached hydrogens (tertiary/aromatic N) is 3. The molecule has 4 rings (SSSR count). The van der Waals surface area contributed by atoms with E-state index in [2.05, 4.69) is 11.9 Å². The molecule has 7 nitrogen and oxygen atoms in total. The molecule has 1 amide bonds. The van der Waals surface area contributed by atoms with Crippen LogP contribution in [-0.4, -0.2) is 44.4 Å². The monoisotopic (exact) mass is 487 g/mol. The molecule has 1 unspecified atom stereocenters. The smallest absolute Gasteiger partial charge is 0.295 e. The molecule has 36 heavy (non-hydrogen) atoms. The molecule has 1 N–H and O–H groups in total. The van der Waals surface area contributed by atoms with Gasteiger partial charge in [-0.1, -0.05) is 61.7 Å². The van der Waals surface area contributed by atoms with E-state index in [1.165, 1.54) is 0 Å². The summed E-state index contributed by atoms with van der Waals surface area (Å²) in [7, 11) is 0. The maximum absolute atomic E-state index is 13.2. The Hall–Kier alpha value is -3.87. The van der Waals surface area contributed by atoms with E-state index in [0.717, 1.165) is 30.4 Å². The van der Waals surface area contributed by atoms with Crippen LogP contribution in [0.25, 0.3) is 5.76 Å². The van der Waals surface area contributed by atoms with Gasteiger partial charge in [0.15, 0.2) is 0 Å². The number of aliphatic hydroxyl groups is 1. The third-order valence-electron chi connectivity index (χ3n) is 6.43. The van der Waals surface area contributed by atoms with Crippen molar-refractivity contribution in [3.05, 3.63) is 89.5 Å². The lowest BCUT2D eigenvalue weighted by Crippen LogP contribution is -2.31. The number of hydrogen-bond donors (Lipinski definition) is 1. The van der Waals surface area contributed by atoms with Gasteiger partial charge in [-0.15, -0.1) is 0 Å². The Kier molecular flexibility index (Phi) is 8.21. The molecule has 1 saturated heterocycles.